The van der Waals surface area contributed by atoms with E-state index in [1.165, 1.54) is 19.3 Å². The van der Waals surface area contributed by atoms with E-state index in [1.54, 1.807) is 0 Å². The highest BCUT2D eigenvalue weighted by molar-refractivity contribution is 7.47. The lowest BCUT2D eigenvalue weighted by Gasteiger charge is -2.20. The molecule has 0 rings (SSSR count). The van der Waals surface area contributed by atoms with Gasteiger partial charge in [0.1, 0.15) is 12.1 Å². The van der Waals surface area contributed by atoms with Crippen molar-refractivity contribution in [1.82, 2.24) is 0 Å². The number of hydrogen-bond acceptors (Lipinski definition) is 8. The molecule has 0 fully saturated rings. The van der Waals surface area contributed by atoms with E-state index in [1.807, 2.05) is 12.2 Å². The van der Waals surface area contributed by atoms with Crippen LogP contribution in [0, 0.1) is 0 Å². The zero-order chi connectivity index (χ0) is 40.5. The molecule has 0 aromatic heterocycles. The fraction of sp³-hybridized carbons (Fsp3) is 0.591. The first-order valence-corrected chi connectivity index (χ1v) is 21.8. The monoisotopic (exact) mass is 789 g/mol. The summed E-state index contributed by atoms with van der Waals surface area (Å²) in [6, 6.07) is -1.49. The van der Waals surface area contributed by atoms with Gasteiger partial charge in [0.25, 0.3) is 0 Å². The second-order valence-electron chi connectivity index (χ2n) is 13.0. The van der Waals surface area contributed by atoms with Crippen LogP contribution in [0.2, 0.25) is 0 Å². The topological polar surface area (TPSA) is 155 Å². The van der Waals surface area contributed by atoms with Crippen LogP contribution in [0.1, 0.15) is 129 Å². The molecule has 0 saturated carbocycles. The van der Waals surface area contributed by atoms with Crippen molar-refractivity contribution in [1.29, 1.82) is 0 Å². The predicted octanol–water partition coefficient (Wildman–Crippen LogP) is 11.0. The minimum Gasteiger partial charge on any atom is -0.480 e. The highest BCUT2D eigenvalue weighted by atomic mass is 31.2. The van der Waals surface area contributed by atoms with Gasteiger partial charge in [-0.2, -0.15) is 0 Å². The van der Waals surface area contributed by atoms with Crippen LogP contribution in [-0.2, 0) is 32.7 Å². The summed E-state index contributed by atoms with van der Waals surface area (Å²) in [4.78, 5) is 33.5. The van der Waals surface area contributed by atoms with Gasteiger partial charge in [0.05, 0.1) is 26.4 Å². The van der Waals surface area contributed by atoms with E-state index < -0.39 is 45.1 Å². The molecule has 11 heteroatoms. The number of carboxylic acid groups (broad SMARTS) is 1. The zero-order valence-corrected chi connectivity index (χ0v) is 34.6. The second kappa shape index (κ2) is 39.1. The molecule has 0 aliphatic carbocycles. The summed E-state index contributed by atoms with van der Waals surface area (Å²) < 4.78 is 33.2. The van der Waals surface area contributed by atoms with E-state index >= 15 is 0 Å². The van der Waals surface area contributed by atoms with Gasteiger partial charge in [-0.3, -0.25) is 18.6 Å². The molecule has 0 bridgehead atoms. The highest BCUT2D eigenvalue weighted by Gasteiger charge is 2.27. The Labute approximate surface area is 332 Å². The van der Waals surface area contributed by atoms with Crippen LogP contribution in [0.5, 0.6) is 0 Å². The van der Waals surface area contributed by atoms with E-state index in [2.05, 4.69) is 103 Å². The van der Waals surface area contributed by atoms with Gasteiger partial charge in [0, 0.05) is 6.42 Å². The third-order valence-corrected chi connectivity index (χ3v) is 8.83. The van der Waals surface area contributed by atoms with Crippen molar-refractivity contribution in [2.24, 2.45) is 5.73 Å². The van der Waals surface area contributed by atoms with Crippen LogP contribution in [0.3, 0.4) is 0 Å². The van der Waals surface area contributed by atoms with Gasteiger partial charge in [-0.15, -0.1) is 0 Å². The summed E-state index contributed by atoms with van der Waals surface area (Å²) in [5.74, 6) is -1.83. The van der Waals surface area contributed by atoms with Crippen LogP contribution in [0.15, 0.2) is 97.2 Å². The first-order chi connectivity index (χ1) is 26.7. The third kappa shape index (κ3) is 38.9. The van der Waals surface area contributed by atoms with Crippen molar-refractivity contribution in [2.45, 2.75) is 142 Å². The molecule has 4 N–H and O–H groups in total. The summed E-state index contributed by atoms with van der Waals surface area (Å²) >= 11 is 0. The summed E-state index contributed by atoms with van der Waals surface area (Å²) in [6.45, 7) is 3.39. The van der Waals surface area contributed by atoms with E-state index in [0.29, 0.717) is 19.4 Å². The average molecular weight is 790 g/mol. The van der Waals surface area contributed by atoms with Crippen LogP contribution in [-0.4, -0.2) is 60.5 Å². The van der Waals surface area contributed by atoms with Gasteiger partial charge >= 0.3 is 19.8 Å². The van der Waals surface area contributed by atoms with E-state index in [0.717, 1.165) is 77.0 Å². The Morgan fingerprint density at radius 3 is 1.49 bits per heavy atom. The van der Waals surface area contributed by atoms with Gasteiger partial charge in [0.2, 0.25) is 0 Å². The largest absolute Gasteiger partial charge is 0.480 e. The number of carbonyl (C=O) groups is 2. The molecule has 0 heterocycles. The molecule has 3 atom stereocenters. The van der Waals surface area contributed by atoms with Gasteiger partial charge in [-0.1, -0.05) is 143 Å². The maximum Gasteiger partial charge on any atom is 0.472 e. The fourth-order valence-corrected chi connectivity index (χ4v) is 5.58. The molecule has 0 spiro atoms. The Balaban J connectivity index is 4.43. The number of carbonyl (C=O) groups excluding carboxylic acids is 1. The molecule has 0 aliphatic rings. The van der Waals surface area contributed by atoms with Crippen molar-refractivity contribution in [3.63, 3.8) is 0 Å². The molecule has 0 aliphatic heterocycles. The number of unbranched alkanes of at least 4 members (excludes halogenated alkanes) is 7. The standard InChI is InChI=1S/C44H72NO9P/c1-3-5-7-9-11-13-15-17-19-21-22-24-26-28-30-32-34-36-43(46)54-41(39-52-55(49,50)53-40-42(45)44(47)48)38-51-37-35-33-31-29-27-25-23-20-18-16-14-12-10-8-6-4-2/h5-8,11-14,17-20,25,27,31,33,41-42H,3-4,9-10,15-16,21-24,26,28-30,32,34-40,45H2,1-2H3,(H,47,48)(H,49,50)/b7-5-,8-6-,13-11-,14-12-,19-17-,20-18-,27-25-,33-31-. The first kappa shape index (κ1) is 51.9. The molecule has 0 aromatic carbocycles. The second-order valence-corrected chi connectivity index (χ2v) is 14.4. The number of ether oxygens (including phenoxy) is 2. The average Bonchev–Trinajstić information content (AvgIpc) is 3.16. The zero-order valence-electron chi connectivity index (χ0n) is 33.7. The van der Waals surface area contributed by atoms with Crippen molar-refractivity contribution >= 4 is 19.8 Å². The minimum atomic E-state index is -4.64. The van der Waals surface area contributed by atoms with E-state index in [4.69, 9.17) is 24.8 Å². The van der Waals surface area contributed by atoms with Crippen molar-refractivity contribution in [3.05, 3.63) is 97.2 Å². The number of carboxylic acids is 1. The fourth-order valence-electron chi connectivity index (χ4n) is 4.80. The molecule has 0 saturated heterocycles. The van der Waals surface area contributed by atoms with E-state index in [9.17, 15) is 19.0 Å². The van der Waals surface area contributed by atoms with Crippen LogP contribution < -0.4 is 5.73 Å². The number of phosphoric ester groups is 1. The number of phosphoric acid groups is 1. The minimum absolute atomic E-state index is 0.0480. The van der Waals surface area contributed by atoms with Crippen LogP contribution in [0.25, 0.3) is 0 Å². The smallest absolute Gasteiger partial charge is 0.472 e. The molecule has 0 aromatic rings. The molecule has 0 amide bonds. The Morgan fingerprint density at radius 1 is 0.582 bits per heavy atom. The Bertz CT molecular complexity index is 1240. The normalized spacial score (nSPS) is 15.0. The molecule has 10 nitrogen and oxygen atoms in total. The quantitative estimate of drug-likeness (QED) is 0.0240. The number of aliphatic carboxylic acids is 1. The SMILES string of the molecule is CC/C=C\C/C=C\C/C=C\C/C=C\C/C=C\CCOCC(COP(=O)(O)OCC(N)C(=O)O)OC(=O)CCCCCCCCC/C=C\C/C=C\C/C=C\CC. The Morgan fingerprint density at radius 2 is 1.00 bits per heavy atom. The maximum absolute atomic E-state index is 12.6. The summed E-state index contributed by atoms with van der Waals surface area (Å²) in [5, 5.41) is 8.88. The number of nitrogens with two attached hydrogens (primary N) is 1. The van der Waals surface area contributed by atoms with Gasteiger partial charge < -0.3 is 25.2 Å². The highest BCUT2D eigenvalue weighted by Crippen LogP contribution is 2.43. The number of rotatable bonds is 37. The van der Waals surface area contributed by atoms with Crippen molar-refractivity contribution in [3.8, 4) is 0 Å². The lowest BCUT2D eigenvalue weighted by Crippen LogP contribution is -2.34. The third-order valence-electron chi connectivity index (χ3n) is 7.88. The molecule has 312 valence electrons. The van der Waals surface area contributed by atoms with Crippen molar-refractivity contribution < 1.29 is 42.7 Å². The van der Waals surface area contributed by atoms with E-state index in [-0.39, 0.29) is 13.0 Å². The molecular weight excluding hydrogens is 717 g/mol. The number of allylic oxidation sites excluding steroid dienone is 15. The predicted molar refractivity (Wildman–Crippen MR) is 226 cm³/mol. The van der Waals surface area contributed by atoms with Gasteiger partial charge in [0.15, 0.2) is 0 Å². The molecular formula is C44H72NO9P. The lowest BCUT2D eigenvalue weighted by molar-refractivity contribution is -0.154. The molecule has 55 heavy (non-hydrogen) atoms. The summed E-state index contributed by atoms with van der Waals surface area (Å²) in [7, 11) is -4.64. The van der Waals surface area contributed by atoms with Crippen LogP contribution >= 0.6 is 7.82 Å². The van der Waals surface area contributed by atoms with Gasteiger partial charge in [-0.05, 0) is 77.0 Å². The summed E-state index contributed by atoms with van der Waals surface area (Å²) in [6.07, 6.45) is 50.5. The Hall–Kier alpha value is -3.11. The molecule has 3 unspecified atom stereocenters. The van der Waals surface area contributed by atoms with Crippen LogP contribution in [0.4, 0.5) is 0 Å². The number of esters is 1. The molecule has 0 radical (unpaired) electrons. The van der Waals surface area contributed by atoms with Gasteiger partial charge in [-0.25, -0.2) is 4.57 Å². The maximum atomic E-state index is 12.6. The lowest BCUT2D eigenvalue weighted by atomic mass is 10.1. The first-order valence-electron chi connectivity index (χ1n) is 20.3. The van der Waals surface area contributed by atoms with Crippen molar-refractivity contribution in [2.75, 3.05) is 26.4 Å². The summed E-state index contributed by atoms with van der Waals surface area (Å²) in [5.41, 5.74) is 5.34. The Kier molecular flexibility index (Phi) is 36.9. The number of hydrogen-bond donors (Lipinski definition) is 3.